The van der Waals surface area contributed by atoms with E-state index in [-0.39, 0.29) is 40.9 Å². The highest BCUT2D eigenvalue weighted by Gasteiger charge is 2.43. The van der Waals surface area contributed by atoms with Gasteiger partial charge in [-0.2, -0.15) is 26.3 Å². The van der Waals surface area contributed by atoms with Gasteiger partial charge in [0.15, 0.2) is 0 Å². The van der Waals surface area contributed by atoms with Crippen LogP contribution in [-0.2, 0) is 6.18 Å². The number of hydrogen-bond donors (Lipinski definition) is 3. The average molecular weight is 527 g/mol. The Morgan fingerprint density at radius 1 is 1.14 bits per heavy atom. The fourth-order valence-corrected chi connectivity index (χ4v) is 4.30. The standard InChI is InChI=1S/C24H23F6N5O2/c1-12(16-9-17-19(10-18(16)23(25,26)27)33-13(2)34-21(17)36)32-15-5-3-14(4-6-15)22(37)35-8-7-31-20(11-35)24(28,29)30/h3-6,9-10,12,20,31-32H,7-8,11H2,1-2H3,(H,33,34,36)/t12-,20+/m0/s1. The zero-order valence-electron chi connectivity index (χ0n) is 19.7. The zero-order valence-corrected chi connectivity index (χ0v) is 19.7. The van der Waals surface area contributed by atoms with E-state index in [9.17, 15) is 35.9 Å². The number of hydrogen-bond acceptors (Lipinski definition) is 5. The van der Waals surface area contributed by atoms with Gasteiger partial charge in [0.25, 0.3) is 11.5 Å². The van der Waals surface area contributed by atoms with Crippen molar-refractivity contribution in [2.75, 3.05) is 25.0 Å². The van der Waals surface area contributed by atoms with Gasteiger partial charge < -0.3 is 20.5 Å². The second-order valence-electron chi connectivity index (χ2n) is 8.85. The first-order chi connectivity index (χ1) is 17.2. The van der Waals surface area contributed by atoms with Gasteiger partial charge in [0.05, 0.1) is 16.5 Å². The van der Waals surface area contributed by atoms with Crippen molar-refractivity contribution >= 4 is 22.5 Å². The molecule has 7 nitrogen and oxygen atoms in total. The summed E-state index contributed by atoms with van der Waals surface area (Å²) in [6, 6.07) is 4.98. The smallest absolute Gasteiger partial charge is 0.379 e. The number of aromatic nitrogens is 2. The summed E-state index contributed by atoms with van der Waals surface area (Å²) in [4.78, 5) is 32.6. The molecule has 1 aliphatic heterocycles. The highest BCUT2D eigenvalue weighted by atomic mass is 19.4. The minimum absolute atomic E-state index is 0.00170. The highest BCUT2D eigenvalue weighted by Crippen LogP contribution is 2.37. The van der Waals surface area contributed by atoms with Crippen LogP contribution in [0.1, 0.15) is 40.3 Å². The van der Waals surface area contributed by atoms with Gasteiger partial charge >= 0.3 is 12.4 Å². The largest absolute Gasteiger partial charge is 0.416 e. The van der Waals surface area contributed by atoms with Crippen molar-refractivity contribution in [3.63, 3.8) is 0 Å². The van der Waals surface area contributed by atoms with Crippen LogP contribution in [-0.4, -0.2) is 52.6 Å². The minimum atomic E-state index is -4.70. The molecule has 0 saturated carbocycles. The summed E-state index contributed by atoms with van der Waals surface area (Å²) in [5.41, 5.74) is -1.23. The lowest BCUT2D eigenvalue weighted by Crippen LogP contribution is -2.58. The van der Waals surface area contributed by atoms with Crippen molar-refractivity contribution < 1.29 is 31.1 Å². The third kappa shape index (κ3) is 5.71. The van der Waals surface area contributed by atoms with Crippen LogP contribution in [0.5, 0.6) is 0 Å². The van der Waals surface area contributed by atoms with E-state index >= 15 is 0 Å². The molecule has 0 unspecified atom stereocenters. The summed E-state index contributed by atoms with van der Waals surface area (Å²) < 4.78 is 80.6. The molecule has 2 atom stereocenters. The van der Waals surface area contributed by atoms with Crippen molar-refractivity contribution in [3.05, 3.63) is 69.3 Å². The molecule has 0 spiro atoms. The van der Waals surface area contributed by atoms with Crippen LogP contribution >= 0.6 is 0 Å². The number of nitrogens with one attached hydrogen (secondary N) is 3. The Kier molecular flexibility index (Phi) is 6.93. The first-order valence-corrected chi connectivity index (χ1v) is 11.3. The Morgan fingerprint density at radius 2 is 1.81 bits per heavy atom. The Morgan fingerprint density at radius 3 is 2.43 bits per heavy atom. The number of H-pyrrole nitrogens is 1. The molecule has 1 aromatic heterocycles. The molecule has 1 saturated heterocycles. The normalized spacial score (nSPS) is 17.6. The van der Waals surface area contributed by atoms with Crippen LogP contribution in [0.3, 0.4) is 0 Å². The molecule has 2 aromatic carbocycles. The van der Waals surface area contributed by atoms with Gasteiger partial charge in [0, 0.05) is 36.9 Å². The highest BCUT2D eigenvalue weighted by molar-refractivity contribution is 5.94. The number of aryl methyl sites for hydroxylation is 1. The molecule has 0 radical (unpaired) electrons. The lowest BCUT2D eigenvalue weighted by molar-refractivity contribution is -0.162. The molecule has 3 aromatic rings. The second kappa shape index (κ2) is 9.69. The van der Waals surface area contributed by atoms with E-state index in [1.165, 1.54) is 38.1 Å². The van der Waals surface area contributed by atoms with Crippen LogP contribution < -0.4 is 16.2 Å². The number of rotatable bonds is 4. The van der Waals surface area contributed by atoms with E-state index in [0.29, 0.717) is 5.69 Å². The lowest BCUT2D eigenvalue weighted by atomic mass is 9.98. The number of halogens is 6. The molecule has 1 aliphatic rings. The van der Waals surface area contributed by atoms with E-state index < -0.39 is 48.0 Å². The Bertz CT molecular complexity index is 1370. The van der Waals surface area contributed by atoms with E-state index in [4.69, 9.17) is 0 Å². The average Bonchev–Trinajstić information content (AvgIpc) is 2.82. The van der Waals surface area contributed by atoms with Gasteiger partial charge in [-0.15, -0.1) is 0 Å². The maximum atomic E-state index is 13.8. The molecular formula is C24H23F6N5O2. The van der Waals surface area contributed by atoms with Crippen LogP contribution in [0.25, 0.3) is 10.9 Å². The maximum Gasteiger partial charge on any atom is 0.416 e. The Balaban J connectivity index is 1.56. The SMILES string of the molecule is Cc1nc2cc(C(F)(F)F)c([C@H](C)Nc3ccc(C(=O)N4CCN[C@@H](C(F)(F)F)C4)cc3)cc2c(=O)[nH]1. The van der Waals surface area contributed by atoms with Crippen molar-refractivity contribution in [2.24, 2.45) is 0 Å². The molecule has 3 N–H and O–H groups in total. The number of nitrogens with zero attached hydrogens (tertiary/aromatic N) is 2. The predicted molar refractivity (Wildman–Crippen MR) is 124 cm³/mol. The molecule has 1 amide bonds. The number of alkyl halides is 6. The van der Waals surface area contributed by atoms with E-state index in [0.717, 1.165) is 17.0 Å². The second-order valence-corrected chi connectivity index (χ2v) is 8.85. The number of aromatic amines is 1. The number of piperazine rings is 1. The number of amides is 1. The van der Waals surface area contributed by atoms with Crippen molar-refractivity contribution in [1.29, 1.82) is 0 Å². The Labute approximate surface area is 206 Å². The van der Waals surface area contributed by atoms with Gasteiger partial charge in [-0.25, -0.2) is 4.98 Å². The summed E-state index contributed by atoms with van der Waals surface area (Å²) in [5.74, 6) is -0.389. The maximum absolute atomic E-state index is 13.8. The summed E-state index contributed by atoms with van der Waals surface area (Å²) in [7, 11) is 0. The fourth-order valence-electron chi connectivity index (χ4n) is 4.30. The van der Waals surface area contributed by atoms with Gasteiger partial charge in [-0.1, -0.05) is 0 Å². The van der Waals surface area contributed by atoms with Crippen LogP contribution in [0.15, 0.2) is 41.2 Å². The summed E-state index contributed by atoms with van der Waals surface area (Å²) in [6.07, 6.45) is -9.19. The molecule has 4 rings (SSSR count). The molecule has 1 fully saturated rings. The van der Waals surface area contributed by atoms with Crippen molar-refractivity contribution in [3.8, 4) is 0 Å². The number of anilines is 1. The predicted octanol–water partition coefficient (Wildman–Crippen LogP) is 4.40. The molecular weight excluding hydrogens is 504 g/mol. The van der Waals surface area contributed by atoms with Crippen molar-refractivity contribution in [1.82, 2.24) is 20.2 Å². The third-order valence-corrected chi connectivity index (χ3v) is 6.14. The summed E-state index contributed by atoms with van der Waals surface area (Å²) >= 11 is 0. The number of carbonyl (C=O) groups excluding carboxylic acids is 1. The van der Waals surface area contributed by atoms with E-state index in [2.05, 4.69) is 20.6 Å². The van der Waals surface area contributed by atoms with E-state index in [1.807, 2.05) is 0 Å². The van der Waals surface area contributed by atoms with Crippen LogP contribution in [0.4, 0.5) is 32.0 Å². The number of benzene rings is 2. The first-order valence-electron chi connectivity index (χ1n) is 11.3. The zero-order chi connectivity index (χ0) is 27.1. The van der Waals surface area contributed by atoms with Crippen molar-refractivity contribution in [2.45, 2.75) is 38.3 Å². The Hall–Kier alpha value is -3.61. The topological polar surface area (TPSA) is 90.1 Å². The van der Waals surface area contributed by atoms with Crippen LogP contribution in [0, 0.1) is 6.92 Å². The molecule has 37 heavy (non-hydrogen) atoms. The number of fused-ring (bicyclic) bond motifs is 1. The van der Waals surface area contributed by atoms with Gasteiger partial charge in [-0.05, 0) is 55.8 Å². The van der Waals surface area contributed by atoms with Crippen LogP contribution in [0.2, 0.25) is 0 Å². The minimum Gasteiger partial charge on any atom is -0.379 e. The molecule has 13 heteroatoms. The summed E-state index contributed by atoms with van der Waals surface area (Å²) in [6.45, 7) is 2.55. The fraction of sp³-hybridized carbons (Fsp3) is 0.375. The molecule has 198 valence electrons. The lowest BCUT2D eigenvalue weighted by Gasteiger charge is -2.34. The quantitative estimate of drug-likeness (QED) is 0.438. The monoisotopic (exact) mass is 527 g/mol. The van der Waals surface area contributed by atoms with Gasteiger partial charge in [-0.3, -0.25) is 9.59 Å². The molecule has 0 bridgehead atoms. The summed E-state index contributed by atoms with van der Waals surface area (Å²) in [5, 5.41) is 5.27. The number of carbonyl (C=O) groups is 1. The molecule has 0 aliphatic carbocycles. The van der Waals surface area contributed by atoms with Gasteiger partial charge in [0.2, 0.25) is 0 Å². The molecule has 2 heterocycles. The van der Waals surface area contributed by atoms with E-state index in [1.54, 1.807) is 0 Å². The van der Waals surface area contributed by atoms with Gasteiger partial charge in [0.1, 0.15) is 11.9 Å². The third-order valence-electron chi connectivity index (χ3n) is 6.14. The first kappa shape index (κ1) is 26.5.